The van der Waals surface area contributed by atoms with E-state index in [4.69, 9.17) is 4.74 Å². The fourth-order valence-electron chi connectivity index (χ4n) is 3.48. The topological polar surface area (TPSA) is 32.7 Å². The molecule has 1 atom stereocenters. The molecule has 1 aliphatic carbocycles. The van der Waals surface area contributed by atoms with Gasteiger partial charge in [0.15, 0.2) is 0 Å². The summed E-state index contributed by atoms with van der Waals surface area (Å²) in [7, 11) is 5.78. The van der Waals surface area contributed by atoms with Gasteiger partial charge in [-0.2, -0.15) is 0 Å². The summed E-state index contributed by atoms with van der Waals surface area (Å²) in [5, 5.41) is 11.3. The first kappa shape index (κ1) is 18.3. The third-order valence-corrected chi connectivity index (χ3v) is 5.13. The van der Waals surface area contributed by atoms with Crippen molar-refractivity contribution in [2.24, 2.45) is 0 Å². The Kier molecular flexibility index (Phi) is 6.09. The van der Waals surface area contributed by atoms with Gasteiger partial charge >= 0.3 is 0 Å². The highest BCUT2D eigenvalue weighted by atomic mass is 35.5. The van der Waals surface area contributed by atoms with Crippen molar-refractivity contribution in [1.82, 2.24) is 4.90 Å². The highest BCUT2D eigenvalue weighted by Crippen LogP contribution is 2.45. The van der Waals surface area contributed by atoms with Crippen LogP contribution in [0.1, 0.15) is 44.6 Å². The van der Waals surface area contributed by atoms with Crippen molar-refractivity contribution < 1.29 is 9.84 Å². The second kappa shape index (κ2) is 6.99. The monoisotopic (exact) mass is 313 g/mol. The van der Waals surface area contributed by atoms with Gasteiger partial charge in [0.25, 0.3) is 0 Å². The molecule has 0 bridgehead atoms. The Balaban J connectivity index is 0.00000220. The zero-order valence-corrected chi connectivity index (χ0v) is 14.4. The van der Waals surface area contributed by atoms with Crippen molar-refractivity contribution in [3.8, 4) is 5.75 Å². The molecule has 0 aliphatic heterocycles. The Morgan fingerprint density at radius 1 is 1.10 bits per heavy atom. The van der Waals surface area contributed by atoms with Crippen molar-refractivity contribution in [3.05, 3.63) is 29.8 Å². The molecular formula is C17H28ClNO2. The number of hydrogen-bond donors (Lipinski definition) is 1. The Morgan fingerprint density at radius 2 is 1.62 bits per heavy atom. The van der Waals surface area contributed by atoms with Crippen LogP contribution in [0.15, 0.2) is 24.3 Å². The predicted molar refractivity (Wildman–Crippen MR) is 89.3 cm³/mol. The Labute approximate surface area is 134 Å². The number of aliphatic hydroxyl groups is 1. The molecule has 0 amide bonds. The average Bonchev–Trinajstić information content (AvgIpc) is 2.47. The first-order chi connectivity index (χ1) is 9.44. The lowest BCUT2D eigenvalue weighted by molar-refractivity contribution is -0.117. The van der Waals surface area contributed by atoms with Gasteiger partial charge in [-0.15, -0.1) is 12.4 Å². The molecule has 120 valence electrons. The van der Waals surface area contributed by atoms with Crippen LogP contribution >= 0.6 is 12.4 Å². The standard InChI is InChI=1S/C17H27NO2.ClH/c1-16(18(2)3,17(19)12-6-5-7-13-17)14-8-10-15(20-4)11-9-14;/h8-11,19H,5-7,12-13H2,1-4H3;1H. The quantitative estimate of drug-likeness (QED) is 0.922. The molecule has 21 heavy (non-hydrogen) atoms. The SMILES string of the molecule is COc1ccc(C(C)(N(C)C)C2(O)CCCCC2)cc1.Cl. The van der Waals surface area contributed by atoms with E-state index < -0.39 is 5.60 Å². The van der Waals surface area contributed by atoms with Crippen LogP contribution in [0.2, 0.25) is 0 Å². The number of methoxy groups -OCH3 is 1. The minimum Gasteiger partial charge on any atom is -0.497 e. The van der Waals surface area contributed by atoms with Crippen LogP contribution in [0, 0.1) is 0 Å². The van der Waals surface area contributed by atoms with Crippen molar-refractivity contribution in [3.63, 3.8) is 0 Å². The van der Waals surface area contributed by atoms with Crippen LogP contribution in [-0.4, -0.2) is 36.8 Å². The Morgan fingerprint density at radius 3 is 2.05 bits per heavy atom. The van der Waals surface area contributed by atoms with Gasteiger partial charge in [0, 0.05) is 0 Å². The minimum atomic E-state index is -0.663. The van der Waals surface area contributed by atoms with Crippen molar-refractivity contribution in [2.75, 3.05) is 21.2 Å². The summed E-state index contributed by atoms with van der Waals surface area (Å²) in [5.41, 5.74) is 0.107. The highest BCUT2D eigenvalue weighted by Gasteiger charge is 2.49. The number of nitrogens with zero attached hydrogens (tertiary/aromatic N) is 1. The van der Waals surface area contributed by atoms with E-state index in [1.165, 1.54) is 6.42 Å². The summed E-state index contributed by atoms with van der Waals surface area (Å²) in [5.74, 6) is 0.852. The third-order valence-electron chi connectivity index (χ3n) is 5.13. The normalized spacial score (nSPS) is 20.5. The van der Waals surface area contributed by atoms with Crippen molar-refractivity contribution in [1.29, 1.82) is 0 Å². The molecule has 1 saturated carbocycles. The molecule has 0 aromatic heterocycles. The van der Waals surface area contributed by atoms with E-state index in [0.29, 0.717) is 0 Å². The van der Waals surface area contributed by atoms with Crippen molar-refractivity contribution >= 4 is 12.4 Å². The van der Waals surface area contributed by atoms with Crippen LogP contribution in [0.4, 0.5) is 0 Å². The zero-order chi connectivity index (χ0) is 14.8. The van der Waals surface area contributed by atoms with Gasteiger partial charge in [0.05, 0.1) is 18.2 Å². The number of ether oxygens (including phenoxy) is 1. The molecular weight excluding hydrogens is 286 g/mol. The largest absolute Gasteiger partial charge is 0.497 e. The number of hydrogen-bond acceptors (Lipinski definition) is 3. The van der Waals surface area contributed by atoms with E-state index in [1.54, 1.807) is 7.11 Å². The van der Waals surface area contributed by atoms with Crippen molar-refractivity contribution in [2.45, 2.75) is 50.2 Å². The molecule has 1 aliphatic rings. The molecule has 1 unspecified atom stereocenters. The molecule has 2 rings (SSSR count). The second-order valence-electron chi connectivity index (χ2n) is 6.29. The van der Waals surface area contributed by atoms with Crippen LogP contribution in [0.5, 0.6) is 5.75 Å². The molecule has 3 nitrogen and oxygen atoms in total. The molecule has 1 aromatic carbocycles. The Hall–Kier alpha value is -0.770. The fourth-order valence-corrected chi connectivity index (χ4v) is 3.48. The summed E-state index contributed by atoms with van der Waals surface area (Å²) in [6.07, 6.45) is 5.18. The van der Waals surface area contributed by atoms with Gasteiger partial charge in [-0.3, -0.25) is 4.90 Å². The first-order valence-electron chi connectivity index (χ1n) is 7.48. The van der Waals surface area contributed by atoms with E-state index in [1.807, 2.05) is 12.1 Å². The van der Waals surface area contributed by atoms with Crippen LogP contribution in [0.25, 0.3) is 0 Å². The van der Waals surface area contributed by atoms with Gasteiger partial charge < -0.3 is 9.84 Å². The lowest BCUT2D eigenvalue weighted by Crippen LogP contribution is -2.58. The number of halogens is 1. The molecule has 4 heteroatoms. The number of rotatable bonds is 4. The first-order valence-corrected chi connectivity index (χ1v) is 7.48. The summed E-state index contributed by atoms with van der Waals surface area (Å²) < 4.78 is 5.24. The molecule has 1 aromatic rings. The summed E-state index contributed by atoms with van der Waals surface area (Å²) in [4.78, 5) is 2.15. The number of likely N-dealkylation sites (N-methyl/N-ethyl adjacent to an activating group) is 1. The number of benzene rings is 1. The molecule has 1 fully saturated rings. The molecule has 0 heterocycles. The van der Waals surface area contributed by atoms with Crippen LogP contribution in [-0.2, 0) is 5.54 Å². The lowest BCUT2D eigenvalue weighted by atomic mass is 9.67. The lowest BCUT2D eigenvalue weighted by Gasteiger charge is -2.51. The zero-order valence-electron chi connectivity index (χ0n) is 13.6. The predicted octanol–water partition coefficient (Wildman–Crippen LogP) is 3.59. The minimum absolute atomic E-state index is 0. The maximum absolute atomic E-state index is 11.3. The molecule has 0 spiro atoms. The van der Waals surface area contributed by atoms with Crippen LogP contribution < -0.4 is 4.74 Å². The average molecular weight is 314 g/mol. The second-order valence-corrected chi connectivity index (χ2v) is 6.29. The smallest absolute Gasteiger partial charge is 0.118 e. The summed E-state index contributed by atoms with van der Waals surface area (Å²) in [6, 6.07) is 8.10. The van der Waals surface area contributed by atoms with Gasteiger partial charge in [0.2, 0.25) is 0 Å². The van der Waals surface area contributed by atoms with Gasteiger partial charge in [-0.05, 0) is 51.6 Å². The van der Waals surface area contributed by atoms with E-state index in [-0.39, 0.29) is 17.9 Å². The summed E-state index contributed by atoms with van der Waals surface area (Å²) >= 11 is 0. The highest BCUT2D eigenvalue weighted by molar-refractivity contribution is 5.85. The van der Waals surface area contributed by atoms with E-state index in [0.717, 1.165) is 37.0 Å². The van der Waals surface area contributed by atoms with Gasteiger partial charge in [-0.25, -0.2) is 0 Å². The van der Waals surface area contributed by atoms with Gasteiger partial charge in [-0.1, -0.05) is 31.4 Å². The fraction of sp³-hybridized carbons (Fsp3) is 0.647. The maximum Gasteiger partial charge on any atom is 0.118 e. The molecule has 1 N–H and O–H groups in total. The van der Waals surface area contributed by atoms with Gasteiger partial charge in [0.1, 0.15) is 5.75 Å². The van der Waals surface area contributed by atoms with Crippen LogP contribution in [0.3, 0.4) is 0 Å². The van der Waals surface area contributed by atoms with E-state index in [9.17, 15) is 5.11 Å². The molecule has 0 radical (unpaired) electrons. The maximum atomic E-state index is 11.3. The third kappa shape index (κ3) is 3.20. The van der Waals surface area contributed by atoms with E-state index >= 15 is 0 Å². The molecule has 0 saturated heterocycles. The Bertz CT molecular complexity index is 441. The summed E-state index contributed by atoms with van der Waals surface area (Å²) in [6.45, 7) is 2.15. The van der Waals surface area contributed by atoms with E-state index in [2.05, 4.69) is 38.1 Å².